The Bertz CT molecular complexity index is 274. The Balaban J connectivity index is 2.61. The Kier molecular flexibility index (Phi) is 3.58. The number of benzene rings is 1. The number of nitrogens with two attached hydrogens (primary N) is 2. The maximum absolute atomic E-state index is 5.78. The van der Waals surface area contributed by atoms with Crippen molar-refractivity contribution in [2.24, 2.45) is 0 Å². The first-order valence-electron chi connectivity index (χ1n) is 4.46. The summed E-state index contributed by atoms with van der Waals surface area (Å²) in [5, 5.41) is 0. The van der Waals surface area contributed by atoms with Gasteiger partial charge < -0.3 is 16.2 Å². The third kappa shape index (κ3) is 2.63. The molecule has 0 aliphatic carbocycles. The second-order valence-electron chi connectivity index (χ2n) is 2.87. The van der Waals surface area contributed by atoms with Gasteiger partial charge in [0.2, 0.25) is 0 Å². The van der Waals surface area contributed by atoms with E-state index in [9.17, 15) is 0 Å². The third-order valence-corrected chi connectivity index (χ3v) is 1.95. The molecule has 1 aromatic carbocycles. The SMILES string of the molecule is CCOCCc1cccc(N)c1N. The van der Waals surface area contributed by atoms with Gasteiger partial charge in [-0.05, 0) is 25.0 Å². The van der Waals surface area contributed by atoms with Crippen LogP contribution in [0.1, 0.15) is 12.5 Å². The van der Waals surface area contributed by atoms with E-state index in [0.29, 0.717) is 18.0 Å². The van der Waals surface area contributed by atoms with E-state index < -0.39 is 0 Å². The largest absolute Gasteiger partial charge is 0.397 e. The third-order valence-electron chi connectivity index (χ3n) is 1.95. The molecule has 0 bridgehead atoms. The molecular formula is C10H16N2O. The highest BCUT2D eigenvalue weighted by Gasteiger charge is 2.00. The van der Waals surface area contributed by atoms with Crippen molar-refractivity contribution in [1.82, 2.24) is 0 Å². The molecule has 0 saturated heterocycles. The zero-order chi connectivity index (χ0) is 9.68. The highest BCUT2D eigenvalue weighted by atomic mass is 16.5. The number of hydrogen-bond acceptors (Lipinski definition) is 3. The van der Waals surface area contributed by atoms with Crippen molar-refractivity contribution >= 4 is 11.4 Å². The van der Waals surface area contributed by atoms with Crippen molar-refractivity contribution in [1.29, 1.82) is 0 Å². The van der Waals surface area contributed by atoms with Gasteiger partial charge in [-0.2, -0.15) is 0 Å². The molecular weight excluding hydrogens is 164 g/mol. The molecule has 1 aromatic rings. The molecule has 4 N–H and O–H groups in total. The fourth-order valence-electron chi connectivity index (χ4n) is 1.18. The van der Waals surface area contributed by atoms with E-state index in [2.05, 4.69) is 0 Å². The van der Waals surface area contributed by atoms with Gasteiger partial charge in [-0.25, -0.2) is 0 Å². The summed E-state index contributed by atoms with van der Waals surface area (Å²) >= 11 is 0. The number of para-hydroxylation sites is 1. The first kappa shape index (κ1) is 9.86. The standard InChI is InChI=1S/C10H16N2O/c1-2-13-7-6-8-4-3-5-9(11)10(8)12/h3-5H,2,6-7,11-12H2,1H3. The van der Waals surface area contributed by atoms with E-state index in [1.807, 2.05) is 19.1 Å². The molecule has 13 heavy (non-hydrogen) atoms. The van der Waals surface area contributed by atoms with Crippen LogP contribution in [-0.4, -0.2) is 13.2 Å². The predicted molar refractivity (Wildman–Crippen MR) is 55.5 cm³/mol. The van der Waals surface area contributed by atoms with E-state index in [1.165, 1.54) is 0 Å². The fourth-order valence-corrected chi connectivity index (χ4v) is 1.18. The van der Waals surface area contributed by atoms with Crippen LogP contribution in [0.5, 0.6) is 0 Å². The van der Waals surface area contributed by atoms with Crippen LogP contribution in [0.25, 0.3) is 0 Å². The topological polar surface area (TPSA) is 61.3 Å². The van der Waals surface area contributed by atoms with Crippen molar-refractivity contribution in [3.8, 4) is 0 Å². The molecule has 3 nitrogen and oxygen atoms in total. The molecule has 3 heteroatoms. The monoisotopic (exact) mass is 180 g/mol. The zero-order valence-electron chi connectivity index (χ0n) is 7.92. The molecule has 1 rings (SSSR count). The summed E-state index contributed by atoms with van der Waals surface area (Å²) in [7, 11) is 0. The lowest BCUT2D eigenvalue weighted by Gasteiger charge is -2.07. The van der Waals surface area contributed by atoms with Crippen LogP contribution in [0.3, 0.4) is 0 Å². The van der Waals surface area contributed by atoms with Gasteiger partial charge in [0.15, 0.2) is 0 Å². The van der Waals surface area contributed by atoms with E-state index in [4.69, 9.17) is 16.2 Å². The minimum absolute atomic E-state index is 0.647. The average molecular weight is 180 g/mol. The van der Waals surface area contributed by atoms with Gasteiger partial charge in [-0.3, -0.25) is 0 Å². The van der Waals surface area contributed by atoms with Crippen LogP contribution < -0.4 is 11.5 Å². The van der Waals surface area contributed by atoms with Crippen LogP contribution in [0.4, 0.5) is 11.4 Å². The number of anilines is 2. The van der Waals surface area contributed by atoms with Crippen molar-refractivity contribution < 1.29 is 4.74 Å². The van der Waals surface area contributed by atoms with Gasteiger partial charge in [-0.15, -0.1) is 0 Å². The van der Waals surface area contributed by atoms with Gasteiger partial charge in [-0.1, -0.05) is 12.1 Å². The van der Waals surface area contributed by atoms with Crippen molar-refractivity contribution in [3.63, 3.8) is 0 Å². The first-order valence-corrected chi connectivity index (χ1v) is 4.46. The smallest absolute Gasteiger partial charge is 0.0581 e. The average Bonchev–Trinajstić information content (AvgIpc) is 2.13. The normalized spacial score (nSPS) is 10.2. The maximum Gasteiger partial charge on any atom is 0.0581 e. The minimum atomic E-state index is 0.647. The van der Waals surface area contributed by atoms with E-state index in [-0.39, 0.29) is 0 Å². The molecule has 0 radical (unpaired) electrons. The number of ether oxygens (including phenoxy) is 1. The van der Waals surface area contributed by atoms with Crippen LogP contribution in [0.2, 0.25) is 0 Å². The van der Waals surface area contributed by atoms with Crippen molar-refractivity contribution in [2.45, 2.75) is 13.3 Å². The van der Waals surface area contributed by atoms with Crippen molar-refractivity contribution in [2.75, 3.05) is 24.7 Å². The minimum Gasteiger partial charge on any atom is -0.397 e. The highest BCUT2D eigenvalue weighted by Crippen LogP contribution is 2.19. The quantitative estimate of drug-likeness (QED) is 0.544. The van der Waals surface area contributed by atoms with Crippen LogP contribution in [-0.2, 0) is 11.2 Å². The summed E-state index contributed by atoms with van der Waals surface area (Å²) in [4.78, 5) is 0. The lowest BCUT2D eigenvalue weighted by molar-refractivity contribution is 0.151. The molecule has 72 valence electrons. The van der Waals surface area contributed by atoms with Crippen LogP contribution >= 0.6 is 0 Å². The van der Waals surface area contributed by atoms with E-state index in [0.717, 1.165) is 18.6 Å². The van der Waals surface area contributed by atoms with E-state index in [1.54, 1.807) is 6.07 Å². The Morgan fingerprint density at radius 3 is 2.77 bits per heavy atom. The molecule has 0 heterocycles. The Labute approximate surface area is 78.7 Å². The lowest BCUT2D eigenvalue weighted by Crippen LogP contribution is -2.03. The summed E-state index contributed by atoms with van der Waals surface area (Å²) < 4.78 is 5.24. The number of hydrogen-bond donors (Lipinski definition) is 2. The number of rotatable bonds is 4. The highest BCUT2D eigenvalue weighted by molar-refractivity contribution is 5.67. The Morgan fingerprint density at radius 2 is 2.08 bits per heavy atom. The van der Waals surface area contributed by atoms with Crippen LogP contribution in [0, 0.1) is 0 Å². The molecule has 0 spiro atoms. The summed E-state index contributed by atoms with van der Waals surface area (Å²) in [6.07, 6.45) is 0.824. The second kappa shape index (κ2) is 4.72. The molecule has 0 atom stereocenters. The van der Waals surface area contributed by atoms with Gasteiger partial charge in [0.05, 0.1) is 18.0 Å². The Morgan fingerprint density at radius 1 is 1.31 bits per heavy atom. The predicted octanol–water partition coefficient (Wildman–Crippen LogP) is 1.43. The molecule has 0 aromatic heterocycles. The molecule has 0 saturated carbocycles. The molecule has 0 aliphatic heterocycles. The molecule has 0 unspecified atom stereocenters. The maximum atomic E-state index is 5.78. The van der Waals surface area contributed by atoms with Gasteiger partial charge in [0, 0.05) is 6.61 Å². The zero-order valence-corrected chi connectivity index (χ0v) is 7.92. The van der Waals surface area contributed by atoms with Gasteiger partial charge >= 0.3 is 0 Å². The molecule has 0 amide bonds. The summed E-state index contributed by atoms with van der Waals surface area (Å²) in [6.45, 7) is 3.41. The summed E-state index contributed by atoms with van der Waals surface area (Å²) in [5.74, 6) is 0. The van der Waals surface area contributed by atoms with Crippen molar-refractivity contribution in [3.05, 3.63) is 23.8 Å². The molecule has 0 aliphatic rings. The molecule has 0 fully saturated rings. The summed E-state index contributed by atoms with van der Waals surface area (Å²) in [5.41, 5.74) is 13.8. The Hall–Kier alpha value is -1.22. The van der Waals surface area contributed by atoms with E-state index >= 15 is 0 Å². The van der Waals surface area contributed by atoms with Gasteiger partial charge in [0.1, 0.15) is 0 Å². The fraction of sp³-hybridized carbons (Fsp3) is 0.400. The van der Waals surface area contributed by atoms with Crippen LogP contribution in [0.15, 0.2) is 18.2 Å². The van der Waals surface area contributed by atoms with Gasteiger partial charge in [0.25, 0.3) is 0 Å². The lowest BCUT2D eigenvalue weighted by atomic mass is 10.1. The second-order valence-corrected chi connectivity index (χ2v) is 2.87. The first-order chi connectivity index (χ1) is 6.25. The summed E-state index contributed by atoms with van der Waals surface area (Å²) in [6, 6.07) is 5.69. The number of nitrogen functional groups attached to an aromatic ring is 2.